The van der Waals surface area contributed by atoms with E-state index in [0.29, 0.717) is 0 Å². The normalized spacial score (nSPS) is 22.7. The summed E-state index contributed by atoms with van der Waals surface area (Å²) in [5.41, 5.74) is 0. The van der Waals surface area contributed by atoms with Crippen molar-refractivity contribution in [1.82, 2.24) is 24.9 Å². The van der Waals surface area contributed by atoms with Crippen molar-refractivity contribution in [3.05, 3.63) is 0 Å². The minimum atomic E-state index is 1.20. The van der Waals surface area contributed by atoms with E-state index in [-0.39, 0.29) is 0 Å². The van der Waals surface area contributed by atoms with E-state index < -0.39 is 0 Å². The van der Waals surface area contributed by atoms with Crippen molar-refractivity contribution in [2.24, 2.45) is 0 Å². The summed E-state index contributed by atoms with van der Waals surface area (Å²) in [7, 11) is 4.45. The van der Waals surface area contributed by atoms with Crippen LogP contribution in [0.4, 0.5) is 0 Å². The smallest absolute Gasteiger partial charge is 0.0110 e. The number of hydrogen-bond acceptors (Lipinski definition) is 5. The molecule has 2 rings (SSSR count). The fourth-order valence-corrected chi connectivity index (χ4v) is 3.44. The first-order valence-corrected chi connectivity index (χ1v) is 9.76. The summed E-state index contributed by atoms with van der Waals surface area (Å²) >= 11 is 0. The monoisotopic (exact) mass is 325 g/mol. The van der Waals surface area contributed by atoms with Crippen molar-refractivity contribution < 1.29 is 0 Å². The molecule has 0 amide bonds. The minimum absolute atomic E-state index is 1.20. The predicted octanol–water partition coefficient (Wildman–Crippen LogP) is 0.631. The average molecular weight is 326 g/mol. The molecule has 0 atom stereocenters. The van der Waals surface area contributed by atoms with Gasteiger partial charge < -0.3 is 24.9 Å². The maximum absolute atomic E-state index is 3.62. The second-order valence-corrected chi connectivity index (χ2v) is 7.45. The van der Waals surface area contributed by atoms with E-state index in [1.165, 1.54) is 104 Å². The molecule has 0 aromatic carbocycles. The van der Waals surface area contributed by atoms with Crippen LogP contribution in [-0.2, 0) is 0 Å². The van der Waals surface area contributed by atoms with E-state index in [2.05, 4.69) is 39.0 Å². The van der Waals surface area contributed by atoms with Gasteiger partial charge in [-0.1, -0.05) is 0 Å². The quantitative estimate of drug-likeness (QED) is 0.594. The van der Waals surface area contributed by atoms with Crippen molar-refractivity contribution >= 4 is 0 Å². The Morgan fingerprint density at radius 1 is 0.565 bits per heavy atom. The fourth-order valence-electron chi connectivity index (χ4n) is 3.44. The molecule has 2 aliphatic heterocycles. The lowest BCUT2D eigenvalue weighted by Crippen LogP contribution is -2.44. The van der Waals surface area contributed by atoms with Crippen LogP contribution in [-0.4, -0.2) is 112 Å². The number of unbranched alkanes of at least 4 members (excludes halogenated alkanes) is 2. The first-order valence-electron chi connectivity index (χ1n) is 9.76. The zero-order valence-electron chi connectivity index (χ0n) is 15.6. The number of nitrogens with one attached hydrogen (secondary N) is 1. The van der Waals surface area contributed by atoms with Gasteiger partial charge in [0.15, 0.2) is 0 Å². The molecule has 1 N–H and O–H groups in total. The van der Waals surface area contributed by atoms with E-state index in [1.807, 2.05) is 0 Å². The van der Waals surface area contributed by atoms with Crippen molar-refractivity contribution in [2.75, 3.05) is 92.6 Å². The van der Waals surface area contributed by atoms with E-state index in [4.69, 9.17) is 0 Å². The van der Waals surface area contributed by atoms with Crippen molar-refractivity contribution in [3.8, 4) is 0 Å². The third-order valence-corrected chi connectivity index (χ3v) is 5.35. The lowest BCUT2D eigenvalue weighted by molar-refractivity contribution is 0.151. The molecule has 2 heterocycles. The van der Waals surface area contributed by atoms with Gasteiger partial charge in [-0.25, -0.2) is 0 Å². The van der Waals surface area contributed by atoms with Gasteiger partial charge in [-0.2, -0.15) is 0 Å². The Labute approximate surface area is 144 Å². The zero-order valence-corrected chi connectivity index (χ0v) is 15.6. The molecule has 0 bridgehead atoms. The van der Waals surface area contributed by atoms with Crippen molar-refractivity contribution in [2.45, 2.75) is 25.7 Å². The molecule has 5 heteroatoms. The Morgan fingerprint density at radius 3 is 1.35 bits per heavy atom. The van der Waals surface area contributed by atoms with E-state index in [1.54, 1.807) is 0 Å². The van der Waals surface area contributed by atoms with Gasteiger partial charge in [0, 0.05) is 52.4 Å². The molecule has 0 radical (unpaired) electrons. The molecular formula is C18H39N5. The summed E-state index contributed by atoms with van der Waals surface area (Å²) in [4.78, 5) is 10.1. The Bertz CT molecular complexity index is 255. The third kappa shape index (κ3) is 8.45. The topological polar surface area (TPSA) is 25.0 Å². The molecule has 2 fully saturated rings. The van der Waals surface area contributed by atoms with Crippen molar-refractivity contribution in [3.63, 3.8) is 0 Å². The van der Waals surface area contributed by atoms with Crippen LogP contribution in [0.2, 0.25) is 0 Å². The largest absolute Gasteiger partial charge is 0.317 e. The summed E-state index contributed by atoms with van der Waals surface area (Å²) in [5, 5.41) is 3.62. The molecule has 0 aliphatic carbocycles. The minimum Gasteiger partial charge on any atom is -0.317 e. The van der Waals surface area contributed by atoms with E-state index in [0.717, 1.165) is 0 Å². The maximum atomic E-state index is 3.62. The number of likely N-dealkylation sites (N-methyl/N-ethyl adjacent to an activating group) is 2. The molecule has 0 spiro atoms. The van der Waals surface area contributed by atoms with Gasteiger partial charge in [-0.3, -0.25) is 0 Å². The van der Waals surface area contributed by atoms with Gasteiger partial charge in [0.2, 0.25) is 0 Å². The molecule has 136 valence electrons. The Balaban J connectivity index is 1.32. The number of piperazine rings is 2. The predicted molar refractivity (Wildman–Crippen MR) is 99.2 cm³/mol. The first-order chi connectivity index (χ1) is 11.2. The Hall–Kier alpha value is -0.200. The average Bonchev–Trinajstić information content (AvgIpc) is 2.56. The van der Waals surface area contributed by atoms with Crippen LogP contribution in [0.5, 0.6) is 0 Å². The maximum Gasteiger partial charge on any atom is 0.0110 e. The Morgan fingerprint density at radius 2 is 0.957 bits per heavy atom. The highest BCUT2D eigenvalue weighted by Gasteiger charge is 2.13. The van der Waals surface area contributed by atoms with Crippen LogP contribution in [0.25, 0.3) is 0 Å². The molecular weight excluding hydrogens is 286 g/mol. The molecule has 0 aromatic heterocycles. The van der Waals surface area contributed by atoms with Crippen LogP contribution in [0.15, 0.2) is 0 Å². The molecule has 0 aromatic rings. The van der Waals surface area contributed by atoms with Crippen LogP contribution in [0.1, 0.15) is 25.7 Å². The van der Waals surface area contributed by atoms with E-state index >= 15 is 0 Å². The SMILES string of the molecule is CN1CCN(CCCCNCCCCN2CCN(C)CC2)CC1. The Kier molecular flexibility index (Phi) is 9.46. The fraction of sp³-hybridized carbons (Fsp3) is 1.00. The number of nitrogens with zero attached hydrogens (tertiary/aromatic N) is 4. The number of rotatable bonds is 10. The summed E-state index contributed by atoms with van der Waals surface area (Å²) in [6.07, 6.45) is 5.34. The second-order valence-electron chi connectivity index (χ2n) is 7.45. The van der Waals surface area contributed by atoms with Crippen molar-refractivity contribution in [1.29, 1.82) is 0 Å². The van der Waals surface area contributed by atoms with Gasteiger partial charge >= 0.3 is 0 Å². The highest BCUT2D eigenvalue weighted by molar-refractivity contribution is 4.70. The summed E-state index contributed by atoms with van der Waals surface area (Å²) in [6, 6.07) is 0. The van der Waals surface area contributed by atoms with Gasteiger partial charge in [0.05, 0.1) is 0 Å². The molecule has 2 saturated heterocycles. The van der Waals surface area contributed by atoms with Gasteiger partial charge in [-0.05, 0) is 66.0 Å². The summed E-state index contributed by atoms with van der Waals surface area (Å²) in [6.45, 7) is 15.0. The van der Waals surface area contributed by atoms with Crippen LogP contribution >= 0.6 is 0 Å². The molecule has 0 unspecified atom stereocenters. The van der Waals surface area contributed by atoms with Crippen LogP contribution in [0, 0.1) is 0 Å². The lowest BCUT2D eigenvalue weighted by atomic mass is 10.2. The van der Waals surface area contributed by atoms with Gasteiger partial charge in [0.25, 0.3) is 0 Å². The van der Waals surface area contributed by atoms with Gasteiger partial charge in [0.1, 0.15) is 0 Å². The molecule has 0 saturated carbocycles. The zero-order chi connectivity index (χ0) is 16.3. The van der Waals surface area contributed by atoms with Gasteiger partial charge in [-0.15, -0.1) is 0 Å². The standard InChI is InChI=1S/C18H39N5/c1-20-11-15-22(16-12-20)9-5-3-7-19-8-4-6-10-23-17-13-21(2)14-18-23/h19H,3-18H2,1-2H3. The van der Waals surface area contributed by atoms with E-state index in [9.17, 15) is 0 Å². The highest BCUT2D eigenvalue weighted by atomic mass is 15.2. The third-order valence-electron chi connectivity index (χ3n) is 5.35. The summed E-state index contributed by atoms with van der Waals surface area (Å²) < 4.78 is 0. The lowest BCUT2D eigenvalue weighted by Gasteiger charge is -2.32. The first kappa shape index (κ1) is 19.1. The molecule has 23 heavy (non-hydrogen) atoms. The van der Waals surface area contributed by atoms with Crippen LogP contribution in [0.3, 0.4) is 0 Å². The van der Waals surface area contributed by atoms with Crippen LogP contribution < -0.4 is 5.32 Å². The molecule has 5 nitrogen and oxygen atoms in total. The second kappa shape index (κ2) is 11.4. The highest BCUT2D eigenvalue weighted by Crippen LogP contribution is 2.02. The molecule has 2 aliphatic rings. The summed E-state index contributed by atoms with van der Waals surface area (Å²) in [5.74, 6) is 0. The number of hydrogen-bond donors (Lipinski definition) is 1.